The largest absolute Gasteiger partial charge is 0.453 e. The maximum atomic E-state index is 11.2. The highest BCUT2D eigenvalue weighted by molar-refractivity contribution is 6.68. The fourth-order valence-electron chi connectivity index (χ4n) is 0.854. The van der Waals surface area contributed by atoms with E-state index in [-0.39, 0.29) is 0 Å². The van der Waals surface area contributed by atoms with Crippen LogP contribution in [0.4, 0.5) is 9.59 Å². The zero-order chi connectivity index (χ0) is 16.8. The van der Waals surface area contributed by atoms with Gasteiger partial charge in [-0.15, -0.1) is 0 Å². The molecule has 0 heterocycles. The van der Waals surface area contributed by atoms with Crippen LogP contribution in [0, 0.1) is 0 Å². The summed E-state index contributed by atoms with van der Waals surface area (Å²) in [4.78, 5) is 22.4. The lowest BCUT2D eigenvalue weighted by Crippen LogP contribution is -2.54. The monoisotopic (exact) mass is 424 g/mol. The molecule has 0 saturated heterocycles. The Kier molecular flexibility index (Phi) is 8.86. The van der Waals surface area contributed by atoms with E-state index < -0.39 is 32.2 Å². The van der Waals surface area contributed by atoms with Crippen LogP contribution in [0.1, 0.15) is 0 Å². The van der Waals surface area contributed by atoms with E-state index in [2.05, 4.69) is 20.1 Å². The Balaban J connectivity index is 5.12. The van der Waals surface area contributed by atoms with Gasteiger partial charge in [-0.2, -0.15) is 0 Å². The summed E-state index contributed by atoms with van der Waals surface area (Å²) in [5, 5.41) is 4.11. The molecule has 2 N–H and O–H groups in total. The van der Waals surface area contributed by atoms with E-state index in [9.17, 15) is 9.59 Å². The van der Waals surface area contributed by atoms with Crippen molar-refractivity contribution in [3.8, 4) is 0 Å². The smallest absolute Gasteiger partial charge is 0.409 e. The van der Waals surface area contributed by atoms with Crippen molar-refractivity contribution in [3.63, 3.8) is 0 Å². The molecule has 0 aromatic rings. The van der Waals surface area contributed by atoms with E-state index in [1.807, 2.05) is 0 Å². The van der Waals surface area contributed by atoms with E-state index in [1.165, 1.54) is 0 Å². The number of rotatable bonds is 4. The van der Waals surface area contributed by atoms with E-state index in [4.69, 9.17) is 74.3 Å². The summed E-state index contributed by atoms with van der Waals surface area (Å²) < 4.78 is 9.46. The molecule has 2 unspecified atom stereocenters. The normalized spacial score (nSPS) is 14.9. The Morgan fingerprint density at radius 2 is 1.10 bits per heavy atom. The molecule has 0 aromatic carbocycles. The van der Waals surface area contributed by atoms with Crippen molar-refractivity contribution in [2.45, 2.75) is 20.0 Å². The number of alkyl carbamates (subject to hydrolysis) is 2. The summed E-state index contributed by atoms with van der Waals surface area (Å²) in [6, 6.07) is 0. The summed E-state index contributed by atoms with van der Waals surface area (Å²) in [5.41, 5.74) is 0. The van der Waals surface area contributed by atoms with Crippen molar-refractivity contribution in [2.24, 2.45) is 0 Å². The lowest BCUT2D eigenvalue weighted by atomic mass is 10.5. The van der Waals surface area contributed by atoms with Crippen LogP contribution in [0.2, 0.25) is 0 Å². The molecule has 2 amide bonds. The summed E-state index contributed by atoms with van der Waals surface area (Å²) >= 11 is 33.8. The first-order valence-corrected chi connectivity index (χ1v) is 7.16. The molecule has 21 heavy (non-hydrogen) atoms. The molecule has 0 aliphatic heterocycles. The maximum absolute atomic E-state index is 11.2. The molecule has 7 nitrogen and oxygen atoms in total. The second-order valence-electron chi connectivity index (χ2n) is 3.25. The van der Waals surface area contributed by atoms with Gasteiger partial charge in [0, 0.05) is 0 Å². The fraction of sp³-hybridized carbons (Fsp3) is 0.750. The van der Waals surface area contributed by atoms with E-state index in [0.717, 1.165) is 14.2 Å². The van der Waals surface area contributed by atoms with Crippen LogP contribution >= 0.6 is 69.6 Å². The molecular weight excluding hydrogens is 417 g/mol. The summed E-state index contributed by atoms with van der Waals surface area (Å²) in [6.07, 6.45) is -5.17. The molecule has 0 saturated carbocycles. The van der Waals surface area contributed by atoms with Crippen molar-refractivity contribution in [2.75, 3.05) is 14.2 Å². The van der Waals surface area contributed by atoms with Crippen LogP contribution in [-0.2, 0) is 14.2 Å². The lowest BCUT2D eigenvalue weighted by Gasteiger charge is -2.32. The van der Waals surface area contributed by atoms with Gasteiger partial charge in [0.25, 0.3) is 0 Å². The molecule has 0 aliphatic rings. The number of nitrogens with one attached hydrogen (secondary N) is 2. The number of methoxy groups -OCH3 is 2. The van der Waals surface area contributed by atoms with Gasteiger partial charge in [-0.05, 0) is 0 Å². The molecule has 0 bridgehead atoms. The Morgan fingerprint density at radius 3 is 1.29 bits per heavy atom. The van der Waals surface area contributed by atoms with Crippen LogP contribution in [-0.4, -0.2) is 46.4 Å². The molecule has 0 aromatic heterocycles. The number of hydrogen-bond acceptors (Lipinski definition) is 5. The Labute approximate surface area is 150 Å². The SMILES string of the molecule is COC(=O)NC(OC(NC(=O)OC)C(Cl)(Cl)Cl)C(Cl)(Cl)Cl. The topological polar surface area (TPSA) is 85.9 Å². The summed E-state index contributed by atoms with van der Waals surface area (Å²) in [6.45, 7) is 0. The van der Waals surface area contributed by atoms with Gasteiger partial charge >= 0.3 is 12.2 Å². The number of hydrogen-bond donors (Lipinski definition) is 2. The van der Waals surface area contributed by atoms with Crippen LogP contribution in [0.5, 0.6) is 0 Å². The van der Waals surface area contributed by atoms with Gasteiger partial charge in [0.15, 0.2) is 12.5 Å². The van der Waals surface area contributed by atoms with Crippen molar-refractivity contribution in [1.29, 1.82) is 0 Å². The fourth-order valence-corrected chi connectivity index (χ4v) is 1.49. The molecule has 0 radical (unpaired) electrons. The quantitative estimate of drug-likeness (QED) is 0.533. The van der Waals surface area contributed by atoms with Crippen molar-refractivity contribution >= 4 is 81.8 Å². The number of amides is 2. The average Bonchev–Trinajstić information content (AvgIpc) is 2.33. The first-order chi connectivity index (χ1) is 9.41. The minimum absolute atomic E-state index is 0.979. The van der Waals surface area contributed by atoms with Gasteiger partial charge in [0.2, 0.25) is 7.59 Å². The van der Waals surface area contributed by atoms with Crippen molar-refractivity contribution in [1.82, 2.24) is 10.6 Å². The number of carbonyl (C=O) groups excluding carboxylic acids is 2. The van der Waals surface area contributed by atoms with Crippen LogP contribution in [0.25, 0.3) is 0 Å². The third kappa shape index (κ3) is 8.44. The van der Waals surface area contributed by atoms with Crippen molar-refractivity contribution < 1.29 is 23.8 Å². The number of halogens is 6. The molecule has 0 rings (SSSR count). The molecule has 0 spiro atoms. The van der Waals surface area contributed by atoms with E-state index >= 15 is 0 Å². The first-order valence-electron chi connectivity index (χ1n) is 4.89. The first kappa shape index (κ1) is 21.2. The molecule has 13 heteroatoms. The predicted octanol–water partition coefficient (Wildman–Crippen LogP) is 3.11. The van der Waals surface area contributed by atoms with E-state index in [0.29, 0.717) is 0 Å². The zero-order valence-electron chi connectivity index (χ0n) is 10.5. The minimum atomic E-state index is -2.15. The summed E-state index contributed by atoms with van der Waals surface area (Å²) in [7, 11) is 2.15. The van der Waals surface area contributed by atoms with Gasteiger partial charge < -0.3 is 14.2 Å². The third-order valence-corrected chi connectivity index (χ3v) is 2.92. The van der Waals surface area contributed by atoms with Gasteiger partial charge in [-0.25, -0.2) is 9.59 Å². The minimum Gasteiger partial charge on any atom is -0.453 e. The Morgan fingerprint density at radius 1 is 0.810 bits per heavy atom. The summed E-state index contributed by atoms with van der Waals surface area (Å²) in [5.74, 6) is 0. The number of carbonyl (C=O) groups is 2. The molecular formula is C8H10Cl6N2O5. The second-order valence-corrected chi connectivity index (χ2v) is 7.99. The van der Waals surface area contributed by atoms with E-state index in [1.54, 1.807) is 0 Å². The highest BCUT2D eigenvalue weighted by atomic mass is 35.6. The highest BCUT2D eigenvalue weighted by Gasteiger charge is 2.43. The number of ether oxygens (including phenoxy) is 3. The molecule has 0 fully saturated rings. The van der Waals surface area contributed by atoms with Crippen LogP contribution in [0.15, 0.2) is 0 Å². The number of alkyl halides is 6. The lowest BCUT2D eigenvalue weighted by molar-refractivity contribution is -0.0376. The van der Waals surface area contributed by atoms with Gasteiger partial charge in [0.05, 0.1) is 14.2 Å². The average molecular weight is 427 g/mol. The van der Waals surface area contributed by atoms with Gasteiger partial charge in [-0.1, -0.05) is 69.6 Å². The molecule has 0 aliphatic carbocycles. The predicted molar refractivity (Wildman–Crippen MR) is 80.3 cm³/mol. The second kappa shape index (κ2) is 8.76. The third-order valence-electron chi connectivity index (χ3n) is 1.74. The maximum Gasteiger partial charge on any atom is 0.409 e. The van der Waals surface area contributed by atoms with Crippen LogP contribution in [0.3, 0.4) is 0 Å². The van der Waals surface area contributed by atoms with Crippen molar-refractivity contribution in [3.05, 3.63) is 0 Å². The Hall–Kier alpha value is 0.240. The molecule has 124 valence electrons. The zero-order valence-corrected chi connectivity index (χ0v) is 15.0. The van der Waals surface area contributed by atoms with Gasteiger partial charge in [-0.3, -0.25) is 10.6 Å². The van der Waals surface area contributed by atoms with Crippen LogP contribution < -0.4 is 10.6 Å². The highest BCUT2D eigenvalue weighted by Crippen LogP contribution is 2.36. The Bertz CT molecular complexity index is 337. The molecule has 2 atom stereocenters. The van der Waals surface area contributed by atoms with Gasteiger partial charge in [0.1, 0.15) is 0 Å². The standard InChI is InChI=1S/C8H10Cl6N2O5/c1-19-5(17)15-3(7(9,10)11)21-4(8(12,13)14)16-6(18)20-2/h3-4H,1-2H3,(H,15,17)(H,16,18).